The van der Waals surface area contributed by atoms with E-state index >= 15 is 0 Å². The molecular formula is C18H19FN2O5. The molecule has 0 aliphatic heterocycles. The number of hydrogen-bond acceptors (Lipinski definition) is 5. The standard InChI is InChI=1S/C18H19FN2O5/c1-11(13-5-7-14(19)8-6-13)21-17(23)12(2)26-16(22)10-20-18(24)15-4-3-9-25-15/h3-9,11-12H,10H2,1-2H3,(H,20,24)(H,21,23). The Hall–Kier alpha value is -3.16. The van der Waals surface area contributed by atoms with Gasteiger partial charge in [-0.15, -0.1) is 0 Å². The summed E-state index contributed by atoms with van der Waals surface area (Å²) < 4.78 is 22.8. The Morgan fingerprint density at radius 2 is 1.85 bits per heavy atom. The molecule has 2 aromatic rings. The van der Waals surface area contributed by atoms with Crippen LogP contribution in [0.3, 0.4) is 0 Å². The molecule has 0 radical (unpaired) electrons. The number of rotatable bonds is 7. The lowest BCUT2D eigenvalue weighted by Crippen LogP contribution is -2.39. The molecule has 1 aromatic heterocycles. The fraction of sp³-hybridized carbons (Fsp3) is 0.278. The lowest BCUT2D eigenvalue weighted by atomic mass is 10.1. The van der Waals surface area contributed by atoms with E-state index in [2.05, 4.69) is 10.6 Å². The van der Waals surface area contributed by atoms with Crippen molar-refractivity contribution < 1.29 is 27.9 Å². The molecule has 8 heteroatoms. The molecule has 2 atom stereocenters. The fourth-order valence-electron chi connectivity index (χ4n) is 2.11. The number of esters is 1. The van der Waals surface area contributed by atoms with Crippen LogP contribution in [0.15, 0.2) is 47.1 Å². The number of nitrogens with one attached hydrogen (secondary N) is 2. The van der Waals surface area contributed by atoms with Gasteiger partial charge >= 0.3 is 5.97 Å². The molecule has 2 N–H and O–H groups in total. The first-order valence-electron chi connectivity index (χ1n) is 7.94. The van der Waals surface area contributed by atoms with Crippen molar-refractivity contribution in [2.45, 2.75) is 26.0 Å². The number of carbonyl (C=O) groups is 3. The average Bonchev–Trinajstić information content (AvgIpc) is 3.14. The Kier molecular flexibility index (Phi) is 6.48. The van der Waals surface area contributed by atoms with E-state index in [9.17, 15) is 18.8 Å². The van der Waals surface area contributed by atoms with Crippen LogP contribution in [0.2, 0.25) is 0 Å². The van der Waals surface area contributed by atoms with Crippen molar-refractivity contribution >= 4 is 17.8 Å². The first-order chi connectivity index (χ1) is 12.4. The summed E-state index contributed by atoms with van der Waals surface area (Å²) >= 11 is 0. The number of hydrogen-bond donors (Lipinski definition) is 2. The Morgan fingerprint density at radius 3 is 2.46 bits per heavy atom. The second kappa shape index (κ2) is 8.80. The van der Waals surface area contributed by atoms with E-state index < -0.39 is 30.4 Å². The minimum Gasteiger partial charge on any atom is -0.459 e. The SMILES string of the molecule is CC(OC(=O)CNC(=O)c1ccco1)C(=O)NC(C)c1ccc(F)cc1. The molecule has 2 amide bonds. The highest BCUT2D eigenvalue weighted by Gasteiger charge is 2.20. The van der Waals surface area contributed by atoms with E-state index in [1.807, 2.05) is 0 Å². The molecule has 0 spiro atoms. The summed E-state index contributed by atoms with van der Waals surface area (Å²) in [4.78, 5) is 35.5. The number of ether oxygens (including phenoxy) is 1. The van der Waals surface area contributed by atoms with Gasteiger partial charge in [0.15, 0.2) is 11.9 Å². The summed E-state index contributed by atoms with van der Waals surface area (Å²) in [6.45, 7) is 2.74. The van der Waals surface area contributed by atoms with Gasteiger partial charge in [-0.25, -0.2) is 4.39 Å². The topological polar surface area (TPSA) is 97.6 Å². The lowest BCUT2D eigenvalue weighted by molar-refractivity contribution is -0.154. The van der Waals surface area contributed by atoms with Gasteiger partial charge in [-0.1, -0.05) is 12.1 Å². The van der Waals surface area contributed by atoms with Crippen molar-refractivity contribution in [3.63, 3.8) is 0 Å². The van der Waals surface area contributed by atoms with E-state index in [4.69, 9.17) is 9.15 Å². The Balaban J connectivity index is 1.77. The predicted molar refractivity (Wildman–Crippen MR) is 89.6 cm³/mol. The van der Waals surface area contributed by atoms with E-state index in [-0.39, 0.29) is 17.6 Å². The number of furan rings is 1. The Bertz CT molecular complexity index is 758. The van der Waals surface area contributed by atoms with Crippen molar-refractivity contribution in [1.82, 2.24) is 10.6 Å². The molecule has 0 aliphatic rings. The fourth-order valence-corrected chi connectivity index (χ4v) is 2.11. The van der Waals surface area contributed by atoms with Gasteiger partial charge in [0.1, 0.15) is 12.4 Å². The van der Waals surface area contributed by atoms with Crippen LogP contribution in [-0.4, -0.2) is 30.4 Å². The zero-order valence-corrected chi connectivity index (χ0v) is 14.3. The third kappa shape index (κ3) is 5.44. The molecule has 26 heavy (non-hydrogen) atoms. The highest BCUT2D eigenvalue weighted by Crippen LogP contribution is 2.13. The second-order valence-electron chi connectivity index (χ2n) is 5.57. The number of halogens is 1. The largest absolute Gasteiger partial charge is 0.459 e. The Morgan fingerprint density at radius 1 is 1.15 bits per heavy atom. The van der Waals surface area contributed by atoms with Gasteiger partial charge in [0, 0.05) is 0 Å². The van der Waals surface area contributed by atoms with Crippen LogP contribution in [0.4, 0.5) is 4.39 Å². The van der Waals surface area contributed by atoms with E-state index in [0.717, 1.165) is 0 Å². The van der Waals surface area contributed by atoms with Crippen molar-refractivity contribution in [3.8, 4) is 0 Å². The van der Waals surface area contributed by atoms with Crippen LogP contribution in [0.1, 0.15) is 36.0 Å². The maximum atomic E-state index is 12.9. The first kappa shape index (κ1) is 19.2. The summed E-state index contributed by atoms with van der Waals surface area (Å²) in [6.07, 6.45) is 0.285. The summed E-state index contributed by atoms with van der Waals surface area (Å²) in [5.74, 6) is -2.13. The summed E-state index contributed by atoms with van der Waals surface area (Å²) in [5.41, 5.74) is 0.712. The van der Waals surface area contributed by atoms with Gasteiger partial charge in [0.05, 0.1) is 12.3 Å². The molecule has 2 unspecified atom stereocenters. The first-order valence-corrected chi connectivity index (χ1v) is 7.94. The smallest absolute Gasteiger partial charge is 0.326 e. The maximum absolute atomic E-state index is 12.9. The highest BCUT2D eigenvalue weighted by molar-refractivity contribution is 5.93. The lowest BCUT2D eigenvalue weighted by Gasteiger charge is -2.18. The van der Waals surface area contributed by atoms with Crippen molar-refractivity contribution in [3.05, 3.63) is 59.8 Å². The van der Waals surface area contributed by atoms with Crippen molar-refractivity contribution in [1.29, 1.82) is 0 Å². The quantitative estimate of drug-likeness (QED) is 0.734. The van der Waals surface area contributed by atoms with E-state index in [1.165, 1.54) is 31.4 Å². The number of amides is 2. The third-order valence-corrected chi connectivity index (χ3v) is 3.54. The average molecular weight is 362 g/mol. The van der Waals surface area contributed by atoms with Crippen LogP contribution in [0, 0.1) is 5.82 Å². The van der Waals surface area contributed by atoms with Gasteiger partial charge in [0.25, 0.3) is 11.8 Å². The summed E-state index contributed by atoms with van der Waals surface area (Å²) in [5, 5.41) is 4.99. The van der Waals surface area contributed by atoms with Crippen LogP contribution in [0.25, 0.3) is 0 Å². The van der Waals surface area contributed by atoms with Crippen LogP contribution < -0.4 is 10.6 Å². The highest BCUT2D eigenvalue weighted by atomic mass is 19.1. The normalized spacial score (nSPS) is 12.7. The zero-order valence-electron chi connectivity index (χ0n) is 14.3. The minimum atomic E-state index is -1.05. The zero-order chi connectivity index (χ0) is 19.1. The molecule has 1 heterocycles. The van der Waals surface area contributed by atoms with E-state index in [1.54, 1.807) is 25.1 Å². The Labute approximate surface area is 149 Å². The predicted octanol–water partition coefficient (Wildman–Crippen LogP) is 1.96. The van der Waals surface area contributed by atoms with Gasteiger partial charge in [-0.3, -0.25) is 14.4 Å². The summed E-state index contributed by atoms with van der Waals surface area (Å²) in [7, 11) is 0. The molecule has 1 aromatic carbocycles. The molecular weight excluding hydrogens is 343 g/mol. The summed E-state index contributed by atoms with van der Waals surface area (Å²) in [6, 6.07) is 8.31. The number of carbonyl (C=O) groups excluding carboxylic acids is 3. The monoisotopic (exact) mass is 362 g/mol. The molecule has 0 fully saturated rings. The molecule has 7 nitrogen and oxygen atoms in total. The van der Waals surface area contributed by atoms with Crippen molar-refractivity contribution in [2.75, 3.05) is 6.54 Å². The molecule has 0 bridgehead atoms. The van der Waals surface area contributed by atoms with Gasteiger partial charge in [-0.2, -0.15) is 0 Å². The molecule has 2 rings (SSSR count). The maximum Gasteiger partial charge on any atom is 0.326 e. The van der Waals surface area contributed by atoms with Gasteiger partial charge < -0.3 is 19.8 Å². The second-order valence-corrected chi connectivity index (χ2v) is 5.57. The number of benzene rings is 1. The molecule has 0 aliphatic carbocycles. The van der Waals surface area contributed by atoms with Crippen molar-refractivity contribution in [2.24, 2.45) is 0 Å². The van der Waals surface area contributed by atoms with Crippen LogP contribution in [-0.2, 0) is 14.3 Å². The molecule has 138 valence electrons. The van der Waals surface area contributed by atoms with Gasteiger partial charge in [0.2, 0.25) is 0 Å². The van der Waals surface area contributed by atoms with E-state index in [0.29, 0.717) is 5.56 Å². The third-order valence-electron chi connectivity index (χ3n) is 3.54. The van der Waals surface area contributed by atoms with Crippen LogP contribution >= 0.6 is 0 Å². The minimum absolute atomic E-state index is 0.0664. The van der Waals surface area contributed by atoms with Gasteiger partial charge in [-0.05, 0) is 43.7 Å². The van der Waals surface area contributed by atoms with Crippen LogP contribution in [0.5, 0.6) is 0 Å². The molecule has 0 saturated carbocycles. The molecule has 0 saturated heterocycles.